The molecule has 0 heteroatoms. The Morgan fingerprint density at radius 2 is 0.521 bits per heavy atom. The Morgan fingerprint density at radius 3 is 1.11 bits per heavy atom. The maximum Gasteiger partial charge on any atom is -0.000696 e. The number of rotatable bonds is 3. The zero-order chi connectivity index (χ0) is 46.0. The van der Waals surface area contributed by atoms with Crippen LogP contribution in [0, 0.1) is 6.92 Å². The molecule has 0 radical (unpaired) electrons. The van der Waals surface area contributed by atoms with Crippen LogP contribution in [0.5, 0.6) is 0 Å². The second-order valence-corrected chi connectivity index (χ2v) is 20.4. The molecule has 0 atom stereocenters. The fraction of sp³-hybridized carbons (Fsp3) is 0.0141. The van der Waals surface area contributed by atoms with E-state index in [0.29, 0.717) is 0 Å². The van der Waals surface area contributed by atoms with E-state index in [0.717, 1.165) is 0 Å². The van der Waals surface area contributed by atoms with Crippen molar-refractivity contribution in [1.82, 2.24) is 0 Å². The van der Waals surface area contributed by atoms with Gasteiger partial charge in [-0.2, -0.15) is 0 Å². The number of benzene rings is 14. The van der Waals surface area contributed by atoms with E-state index in [4.69, 9.17) is 0 Å². The molecule has 0 aliphatic rings. The van der Waals surface area contributed by atoms with Gasteiger partial charge in [0.2, 0.25) is 0 Å². The Labute approximate surface area is 406 Å². The van der Waals surface area contributed by atoms with Crippen LogP contribution in [0.25, 0.3) is 184 Å². The highest BCUT2D eigenvalue weighted by molar-refractivity contribution is 6.53. The fourth-order valence-corrected chi connectivity index (χ4v) is 14.7. The lowest BCUT2D eigenvalue weighted by atomic mass is 9.86. The molecule has 71 heavy (non-hydrogen) atoms. The monoisotopic (exact) mass is 890 g/mol. The van der Waals surface area contributed by atoms with Crippen molar-refractivity contribution in [2.45, 2.75) is 6.92 Å². The SMILES string of the molecule is Cc1ccccc1-c1c2c3cccc4cccc(c2c(-c2ccccc2)c2c5ccc6c7ccc8c9c(-c%10ccccc%10)c%10cccc%11c%12ccccc%12c(c%10%11)c9c9ccc(c%10ccc(c12)c5c6%10)c7c89)c43. The molecular weight excluding hydrogens is 853 g/mol. The summed E-state index contributed by atoms with van der Waals surface area (Å²) >= 11 is 0. The molecule has 0 unspecified atom stereocenters. The maximum atomic E-state index is 2.49. The number of aryl methyl sites for hydroxylation is 1. The van der Waals surface area contributed by atoms with Crippen molar-refractivity contribution >= 4 is 151 Å². The van der Waals surface area contributed by atoms with Crippen LogP contribution < -0.4 is 0 Å². The third kappa shape index (κ3) is 4.25. The minimum absolute atomic E-state index is 1.26. The first kappa shape index (κ1) is 36.9. The van der Waals surface area contributed by atoms with E-state index >= 15 is 0 Å². The van der Waals surface area contributed by atoms with Crippen molar-refractivity contribution in [2.75, 3.05) is 0 Å². The van der Waals surface area contributed by atoms with Crippen LogP contribution in [0.1, 0.15) is 5.56 Å². The van der Waals surface area contributed by atoms with Gasteiger partial charge >= 0.3 is 0 Å². The highest BCUT2D eigenvalue weighted by atomic mass is 14.3. The Bertz CT molecular complexity index is 5290. The predicted octanol–water partition coefficient (Wildman–Crippen LogP) is 20.3. The standard InChI is InChI=1S/C71H38/c1-37-15-8-9-22-41(37)64-69-50-27-13-21-38-20-12-26-49(56(38)50)67(69)58(40-18-6-3-7-19-40)68-53-34-30-46-45-29-33-52-62-55(36-32-47(59(45)62)48-31-35-54(70(64)68)63(53)60(46)48)71-65-44-24-11-10-23-42(44)43-25-14-28-51(61(43)65)57(66(52)71)39-16-4-2-5-17-39/h2-36H,1H3. The summed E-state index contributed by atoms with van der Waals surface area (Å²) in [5, 5.41) is 37.7. The summed E-state index contributed by atoms with van der Waals surface area (Å²) in [5.74, 6) is 0. The average Bonchev–Trinajstić information content (AvgIpc) is 4.19. The summed E-state index contributed by atoms with van der Waals surface area (Å²) in [5.41, 5.74) is 9.13. The Morgan fingerprint density at radius 1 is 0.183 bits per heavy atom. The van der Waals surface area contributed by atoms with E-state index < -0.39 is 0 Å². The highest BCUT2D eigenvalue weighted by Gasteiger charge is 2.31. The Balaban J connectivity index is 1.06. The summed E-state index contributed by atoms with van der Waals surface area (Å²) in [6.07, 6.45) is 0. The molecule has 0 saturated heterocycles. The van der Waals surface area contributed by atoms with E-state index in [-0.39, 0.29) is 0 Å². The number of hydrogen-bond acceptors (Lipinski definition) is 0. The lowest BCUT2D eigenvalue weighted by Crippen LogP contribution is -1.89. The van der Waals surface area contributed by atoms with Crippen molar-refractivity contribution in [2.24, 2.45) is 0 Å². The van der Waals surface area contributed by atoms with E-state index in [9.17, 15) is 0 Å². The molecule has 18 aromatic carbocycles. The molecule has 18 aromatic rings. The molecule has 0 amide bonds. The van der Waals surface area contributed by atoms with Gasteiger partial charge in [0.25, 0.3) is 0 Å². The van der Waals surface area contributed by atoms with Gasteiger partial charge in [-0.15, -0.1) is 0 Å². The molecule has 0 aliphatic carbocycles. The molecule has 322 valence electrons. The maximum absolute atomic E-state index is 2.49. The number of fused-ring (bicyclic) bond motifs is 15. The van der Waals surface area contributed by atoms with E-state index in [1.165, 1.54) is 190 Å². The van der Waals surface area contributed by atoms with Gasteiger partial charge in [0, 0.05) is 0 Å². The molecule has 0 fully saturated rings. The predicted molar refractivity (Wildman–Crippen MR) is 309 cm³/mol. The van der Waals surface area contributed by atoms with Crippen molar-refractivity contribution in [3.8, 4) is 33.4 Å². The van der Waals surface area contributed by atoms with Gasteiger partial charge in [-0.1, -0.05) is 212 Å². The van der Waals surface area contributed by atoms with Crippen molar-refractivity contribution in [3.63, 3.8) is 0 Å². The van der Waals surface area contributed by atoms with Gasteiger partial charge < -0.3 is 0 Å². The molecule has 0 saturated carbocycles. The van der Waals surface area contributed by atoms with Crippen LogP contribution in [-0.2, 0) is 0 Å². The lowest BCUT2D eigenvalue weighted by molar-refractivity contribution is 1.48. The second-order valence-electron chi connectivity index (χ2n) is 20.4. The average molecular weight is 891 g/mol. The summed E-state index contributed by atoms with van der Waals surface area (Å²) in [6, 6.07) is 81.2. The molecule has 0 bridgehead atoms. The summed E-state index contributed by atoms with van der Waals surface area (Å²) < 4.78 is 0. The van der Waals surface area contributed by atoms with Crippen LogP contribution in [-0.4, -0.2) is 0 Å². The van der Waals surface area contributed by atoms with Crippen LogP contribution in [0.15, 0.2) is 212 Å². The Hall–Kier alpha value is -9.10. The molecule has 0 spiro atoms. The van der Waals surface area contributed by atoms with E-state index in [1.54, 1.807) is 0 Å². The first-order valence-electron chi connectivity index (χ1n) is 25.1. The normalized spacial score (nSPS) is 12.9. The smallest absolute Gasteiger partial charge is 0.000696 e. The zero-order valence-electron chi connectivity index (χ0n) is 38.7. The van der Waals surface area contributed by atoms with Crippen molar-refractivity contribution in [3.05, 3.63) is 218 Å². The third-order valence-electron chi connectivity index (χ3n) is 17.3. The minimum Gasteiger partial charge on any atom is -0.0622 e. The molecule has 0 nitrogen and oxygen atoms in total. The van der Waals surface area contributed by atoms with Crippen LogP contribution >= 0.6 is 0 Å². The summed E-state index contributed by atoms with van der Waals surface area (Å²) in [6.45, 7) is 2.29. The van der Waals surface area contributed by atoms with E-state index in [2.05, 4.69) is 219 Å². The molecular formula is C71H38. The number of hydrogen-bond donors (Lipinski definition) is 0. The molecule has 0 aliphatic heterocycles. The van der Waals surface area contributed by atoms with Gasteiger partial charge in [-0.25, -0.2) is 0 Å². The molecule has 0 aromatic heterocycles. The second kappa shape index (κ2) is 12.8. The quantitative estimate of drug-likeness (QED) is 0.122. The summed E-state index contributed by atoms with van der Waals surface area (Å²) in [7, 11) is 0. The third-order valence-corrected chi connectivity index (χ3v) is 17.3. The highest BCUT2D eigenvalue weighted by Crippen LogP contribution is 2.59. The van der Waals surface area contributed by atoms with Gasteiger partial charge in [-0.3, -0.25) is 0 Å². The fourth-order valence-electron chi connectivity index (χ4n) is 14.7. The topological polar surface area (TPSA) is 0 Å². The van der Waals surface area contributed by atoms with E-state index in [1.807, 2.05) is 0 Å². The van der Waals surface area contributed by atoms with Crippen LogP contribution in [0.2, 0.25) is 0 Å². The van der Waals surface area contributed by atoms with Gasteiger partial charge in [0.15, 0.2) is 0 Å². The van der Waals surface area contributed by atoms with Gasteiger partial charge in [-0.05, 0) is 197 Å². The van der Waals surface area contributed by atoms with Crippen molar-refractivity contribution < 1.29 is 0 Å². The van der Waals surface area contributed by atoms with Crippen LogP contribution in [0.4, 0.5) is 0 Å². The minimum atomic E-state index is 1.26. The molecule has 18 rings (SSSR count). The summed E-state index contributed by atoms with van der Waals surface area (Å²) in [4.78, 5) is 0. The molecule has 0 N–H and O–H groups in total. The Kier molecular flexibility index (Phi) is 6.62. The van der Waals surface area contributed by atoms with Gasteiger partial charge in [0.1, 0.15) is 0 Å². The van der Waals surface area contributed by atoms with Crippen molar-refractivity contribution in [1.29, 1.82) is 0 Å². The van der Waals surface area contributed by atoms with Crippen LogP contribution in [0.3, 0.4) is 0 Å². The first-order chi connectivity index (χ1) is 35.2. The first-order valence-corrected chi connectivity index (χ1v) is 25.1. The molecule has 0 heterocycles. The zero-order valence-corrected chi connectivity index (χ0v) is 38.7. The lowest BCUT2D eigenvalue weighted by Gasteiger charge is -2.16. The largest absolute Gasteiger partial charge is 0.0622 e. The van der Waals surface area contributed by atoms with Gasteiger partial charge in [0.05, 0.1) is 0 Å².